The van der Waals surface area contributed by atoms with E-state index in [0.717, 1.165) is 45.6 Å². The van der Waals surface area contributed by atoms with Gasteiger partial charge in [0, 0.05) is 18.0 Å². The van der Waals surface area contributed by atoms with Crippen molar-refractivity contribution in [3.8, 4) is 0 Å². The molecule has 0 aromatic carbocycles. The van der Waals surface area contributed by atoms with Crippen LogP contribution in [0.5, 0.6) is 0 Å². The predicted molar refractivity (Wildman–Crippen MR) is 123 cm³/mol. The zero-order chi connectivity index (χ0) is 19.1. The van der Waals surface area contributed by atoms with Gasteiger partial charge in [-0.1, -0.05) is 25.1 Å². The number of nitrogens with zero attached hydrogens (tertiary/aromatic N) is 5. The monoisotopic (exact) mass is 462 g/mol. The molecule has 164 valence electrons. The Balaban J connectivity index is 0.00000210. The fourth-order valence-electron chi connectivity index (χ4n) is 3.43. The van der Waals surface area contributed by atoms with E-state index in [1.807, 2.05) is 21.8 Å². The van der Waals surface area contributed by atoms with Crippen molar-refractivity contribution in [2.75, 3.05) is 39.3 Å². The summed E-state index contributed by atoms with van der Waals surface area (Å²) < 4.78 is 1.88. The number of piperidine rings is 1. The molecule has 1 N–H and O–H groups in total. The number of thiophene rings is 1. The minimum Gasteiger partial charge on any atom is -0.331 e. The lowest BCUT2D eigenvalue weighted by molar-refractivity contribution is 0.0719. The fourth-order valence-corrected chi connectivity index (χ4v) is 4.15. The molecule has 3 rings (SSSR count). The molecule has 1 aliphatic rings. The van der Waals surface area contributed by atoms with E-state index in [-0.39, 0.29) is 30.7 Å². The van der Waals surface area contributed by atoms with Crippen molar-refractivity contribution in [3.63, 3.8) is 0 Å². The van der Waals surface area contributed by atoms with Crippen molar-refractivity contribution >= 4 is 42.1 Å². The van der Waals surface area contributed by atoms with Crippen LogP contribution in [0.1, 0.15) is 48.1 Å². The number of carbonyl (C=O) groups is 1. The molecule has 0 atom stereocenters. The topological polar surface area (TPSA) is 66.3 Å². The summed E-state index contributed by atoms with van der Waals surface area (Å²) in [5.41, 5.74) is 0.449. The number of carbonyl (C=O) groups excluding carboxylic acids is 1. The summed E-state index contributed by atoms with van der Waals surface area (Å²) in [6.07, 6.45) is 3.88. The zero-order valence-electron chi connectivity index (χ0n) is 17.1. The van der Waals surface area contributed by atoms with Crippen LogP contribution in [0.25, 0.3) is 0 Å². The van der Waals surface area contributed by atoms with Gasteiger partial charge in [0.2, 0.25) is 0 Å². The highest BCUT2D eigenvalue weighted by atomic mass is 35.5. The highest BCUT2D eigenvalue weighted by Crippen LogP contribution is 2.18. The Morgan fingerprint density at radius 2 is 1.97 bits per heavy atom. The van der Waals surface area contributed by atoms with Crippen LogP contribution in [0.2, 0.25) is 0 Å². The van der Waals surface area contributed by atoms with Crippen molar-refractivity contribution < 1.29 is 4.79 Å². The number of nitrogens with one attached hydrogen (secondary N) is 1. The number of hydrogen-bond donors (Lipinski definition) is 1. The minimum absolute atomic E-state index is 0. The Bertz CT molecular complexity index is 701. The molecule has 2 aromatic rings. The van der Waals surface area contributed by atoms with Gasteiger partial charge in [0.1, 0.15) is 0 Å². The van der Waals surface area contributed by atoms with Crippen LogP contribution in [0, 0.1) is 0 Å². The molecule has 3 heterocycles. The van der Waals surface area contributed by atoms with Crippen LogP contribution in [-0.2, 0) is 6.54 Å². The van der Waals surface area contributed by atoms with Gasteiger partial charge in [-0.3, -0.25) is 4.79 Å². The van der Waals surface area contributed by atoms with E-state index < -0.39 is 0 Å². The second-order valence-corrected chi connectivity index (χ2v) is 7.93. The molecule has 1 amide bonds. The summed E-state index contributed by atoms with van der Waals surface area (Å²) in [6.45, 7) is 10.4. The average molecular weight is 463 g/mol. The fraction of sp³-hybridized carbons (Fsp3) is 0.632. The van der Waals surface area contributed by atoms with E-state index in [2.05, 4.69) is 45.8 Å². The van der Waals surface area contributed by atoms with Gasteiger partial charge in [0.25, 0.3) is 5.91 Å². The molecule has 29 heavy (non-hydrogen) atoms. The maximum atomic E-state index is 13.1. The lowest BCUT2D eigenvalue weighted by Gasteiger charge is -2.25. The standard InChI is InChI=1S/C19H30N6OS.2ClH/c1-3-23(4-2)11-12-24(14-17-6-5-13-27-17)19(26)18-15-25(22-21-18)16-7-9-20-10-8-16;;/h5-6,13,15-16,20H,3-4,7-12,14H2,1-2H3;2*1H. The van der Waals surface area contributed by atoms with Crippen LogP contribution < -0.4 is 5.32 Å². The van der Waals surface area contributed by atoms with Crippen molar-refractivity contribution in [1.29, 1.82) is 0 Å². The molecule has 0 spiro atoms. The second-order valence-electron chi connectivity index (χ2n) is 6.90. The average Bonchev–Trinajstić information content (AvgIpc) is 3.40. The molecule has 2 aromatic heterocycles. The summed E-state index contributed by atoms with van der Waals surface area (Å²) >= 11 is 1.68. The van der Waals surface area contributed by atoms with Crippen molar-refractivity contribution in [1.82, 2.24) is 30.1 Å². The molecule has 1 fully saturated rings. The molecular formula is C19H32Cl2N6OS. The molecule has 0 unspecified atom stereocenters. The number of hydrogen-bond acceptors (Lipinski definition) is 6. The van der Waals surface area contributed by atoms with E-state index in [4.69, 9.17) is 0 Å². The number of aromatic nitrogens is 3. The molecule has 0 saturated carbocycles. The largest absolute Gasteiger partial charge is 0.331 e. The van der Waals surface area contributed by atoms with Crippen LogP contribution >= 0.6 is 36.2 Å². The SMILES string of the molecule is CCN(CC)CCN(Cc1cccs1)C(=O)c1cn(C2CCNCC2)nn1.Cl.Cl. The molecule has 0 aliphatic carbocycles. The third kappa shape index (κ3) is 7.22. The van der Waals surface area contributed by atoms with E-state index in [1.54, 1.807) is 11.3 Å². The maximum Gasteiger partial charge on any atom is 0.276 e. The van der Waals surface area contributed by atoms with E-state index in [1.165, 1.54) is 4.88 Å². The maximum absolute atomic E-state index is 13.1. The molecule has 0 radical (unpaired) electrons. The Morgan fingerprint density at radius 1 is 1.24 bits per heavy atom. The molecule has 1 saturated heterocycles. The van der Waals surface area contributed by atoms with Gasteiger partial charge in [-0.25, -0.2) is 4.68 Å². The first-order valence-corrected chi connectivity index (χ1v) is 10.8. The van der Waals surface area contributed by atoms with Gasteiger partial charge in [-0.2, -0.15) is 0 Å². The highest BCUT2D eigenvalue weighted by molar-refractivity contribution is 7.09. The second kappa shape index (κ2) is 13.2. The van der Waals surface area contributed by atoms with E-state index in [0.29, 0.717) is 24.8 Å². The van der Waals surface area contributed by atoms with Gasteiger partial charge in [0.05, 0.1) is 18.8 Å². The van der Waals surface area contributed by atoms with Gasteiger partial charge < -0.3 is 15.1 Å². The summed E-state index contributed by atoms with van der Waals surface area (Å²) in [5.74, 6) is -0.0317. The Morgan fingerprint density at radius 3 is 2.59 bits per heavy atom. The highest BCUT2D eigenvalue weighted by Gasteiger charge is 2.23. The van der Waals surface area contributed by atoms with E-state index >= 15 is 0 Å². The third-order valence-corrected chi connectivity index (χ3v) is 6.07. The lowest BCUT2D eigenvalue weighted by Crippen LogP contribution is -2.38. The van der Waals surface area contributed by atoms with Gasteiger partial charge in [0.15, 0.2) is 5.69 Å². The molecular weight excluding hydrogens is 431 g/mol. The molecule has 1 aliphatic heterocycles. The normalized spacial score (nSPS) is 14.3. The smallest absolute Gasteiger partial charge is 0.276 e. The zero-order valence-corrected chi connectivity index (χ0v) is 19.6. The van der Waals surface area contributed by atoms with E-state index in [9.17, 15) is 4.79 Å². The summed E-state index contributed by atoms with van der Waals surface area (Å²) in [4.78, 5) is 18.6. The molecule has 10 heteroatoms. The first-order chi connectivity index (χ1) is 13.2. The van der Waals surface area contributed by atoms with Crippen molar-refractivity contribution in [3.05, 3.63) is 34.3 Å². The molecule has 0 bridgehead atoms. The summed E-state index contributed by atoms with van der Waals surface area (Å²) in [5, 5.41) is 13.9. The van der Waals surface area contributed by atoms with Gasteiger partial charge >= 0.3 is 0 Å². The number of halogens is 2. The first-order valence-electron chi connectivity index (χ1n) is 9.87. The van der Waals surface area contributed by atoms with Crippen LogP contribution in [0.4, 0.5) is 0 Å². The van der Waals surface area contributed by atoms with Crippen molar-refractivity contribution in [2.45, 2.75) is 39.3 Å². The summed E-state index contributed by atoms with van der Waals surface area (Å²) in [6, 6.07) is 4.44. The van der Waals surface area contributed by atoms with Crippen LogP contribution in [0.15, 0.2) is 23.7 Å². The van der Waals surface area contributed by atoms with Crippen molar-refractivity contribution in [2.24, 2.45) is 0 Å². The van der Waals surface area contributed by atoms with Gasteiger partial charge in [-0.05, 0) is 50.5 Å². The minimum atomic E-state index is -0.0317. The number of rotatable bonds is 9. The van der Waals surface area contributed by atoms with Crippen LogP contribution in [-0.4, -0.2) is 70.0 Å². The Kier molecular flexibility index (Phi) is 11.7. The number of amides is 1. The Labute approximate surface area is 189 Å². The molecule has 7 nitrogen and oxygen atoms in total. The summed E-state index contributed by atoms with van der Waals surface area (Å²) in [7, 11) is 0. The lowest BCUT2D eigenvalue weighted by atomic mass is 10.1. The third-order valence-electron chi connectivity index (χ3n) is 5.21. The number of likely N-dealkylation sites (N-methyl/N-ethyl adjacent to an activating group) is 1. The quantitative estimate of drug-likeness (QED) is 0.619. The van der Waals surface area contributed by atoms with Gasteiger partial charge in [-0.15, -0.1) is 41.2 Å². The predicted octanol–water partition coefficient (Wildman–Crippen LogP) is 3.09. The van der Waals surface area contributed by atoms with Crippen LogP contribution in [0.3, 0.4) is 0 Å². The first kappa shape index (κ1) is 25.8. The Hall–Kier alpha value is -1.19.